The summed E-state index contributed by atoms with van der Waals surface area (Å²) >= 11 is 1.60. The summed E-state index contributed by atoms with van der Waals surface area (Å²) in [6.45, 7) is 4.20. The Hall–Kier alpha value is -2.36. The van der Waals surface area contributed by atoms with Crippen LogP contribution in [0.5, 0.6) is 0 Å². The number of piperidine rings is 1. The Labute approximate surface area is 171 Å². The number of carbonyl (C=O) groups excluding carboxylic acids is 1. The minimum Gasteiger partial charge on any atom is -0.357 e. The Morgan fingerprint density at radius 2 is 1.72 bits per heavy atom. The highest BCUT2D eigenvalue weighted by atomic mass is 32.1. The zero-order chi connectivity index (χ0) is 20.4. The number of thiazole rings is 1. The molecule has 2 aliphatic rings. The summed E-state index contributed by atoms with van der Waals surface area (Å²) in [6.07, 6.45) is -0.345. The Morgan fingerprint density at radius 1 is 1.00 bits per heavy atom. The van der Waals surface area contributed by atoms with Gasteiger partial charge < -0.3 is 14.7 Å². The fourth-order valence-corrected chi connectivity index (χ4v) is 4.54. The predicted octanol–water partition coefficient (Wildman–Crippen LogP) is 3.12. The zero-order valence-electron chi connectivity index (χ0n) is 15.8. The highest BCUT2D eigenvalue weighted by Gasteiger charge is 2.33. The number of anilines is 2. The normalized spacial score (nSPS) is 18.9. The van der Waals surface area contributed by atoms with Gasteiger partial charge in [0.15, 0.2) is 5.13 Å². The van der Waals surface area contributed by atoms with Crippen molar-refractivity contribution in [1.29, 1.82) is 0 Å². The van der Waals surface area contributed by atoms with E-state index in [2.05, 4.69) is 14.9 Å². The van der Waals surface area contributed by atoms with Crippen molar-refractivity contribution in [3.8, 4) is 0 Å². The molecule has 0 saturated carbocycles. The van der Waals surface area contributed by atoms with Crippen LogP contribution >= 0.6 is 11.3 Å². The lowest BCUT2D eigenvalue weighted by Crippen LogP contribution is -2.51. The van der Waals surface area contributed by atoms with Crippen molar-refractivity contribution in [3.63, 3.8) is 0 Å². The Bertz CT molecular complexity index is 811. The molecule has 0 radical (unpaired) electrons. The molecular formula is C19H22F3N5OS. The van der Waals surface area contributed by atoms with Gasteiger partial charge in [-0.25, -0.2) is 9.97 Å². The van der Waals surface area contributed by atoms with E-state index in [1.54, 1.807) is 17.5 Å². The van der Waals surface area contributed by atoms with Gasteiger partial charge in [0.1, 0.15) is 5.82 Å². The number of carbonyl (C=O) groups is 1. The van der Waals surface area contributed by atoms with Crippen LogP contribution in [0, 0.1) is 5.92 Å². The van der Waals surface area contributed by atoms with Crippen molar-refractivity contribution in [2.45, 2.75) is 19.0 Å². The first kappa shape index (κ1) is 19.9. The lowest BCUT2D eigenvalue weighted by molar-refractivity contribution is -0.138. The van der Waals surface area contributed by atoms with Crippen LogP contribution in [0.2, 0.25) is 0 Å². The molecule has 0 bridgehead atoms. The summed E-state index contributed by atoms with van der Waals surface area (Å²) < 4.78 is 38.0. The number of amides is 1. The Balaban J connectivity index is 1.28. The number of nitrogens with zero attached hydrogens (tertiary/aromatic N) is 5. The quantitative estimate of drug-likeness (QED) is 0.757. The van der Waals surface area contributed by atoms with Gasteiger partial charge in [-0.15, -0.1) is 11.3 Å². The fraction of sp³-hybridized carbons (Fsp3) is 0.526. The van der Waals surface area contributed by atoms with Gasteiger partial charge in [0.2, 0.25) is 5.91 Å². The first-order valence-electron chi connectivity index (χ1n) is 9.63. The molecule has 0 N–H and O–H groups in total. The molecule has 29 heavy (non-hydrogen) atoms. The van der Waals surface area contributed by atoms with Crippen LogP contribution in [0.15, 0.2) is 29.9 Å². The fourth-order valence-electron chi connectivity index (χ4n) is 3.84. The summed E-state index contributed by atoms with van der Waals surface area (Å²) in [5.74, 6) is 0.678. The standard InChI is InChI=1S/C19H22F3N5OS/c20-19(21,22)15-1-2-16(24-13-15)25-6-3-14(4-7-25)17(28)26-8-10-27(11-9-26)18-23-5-12-29-18/h1-2,5,12-14H,3-4,6-11H2. The monoisotopic (exact) mass is 425 g/mol. The van der Waals surface area contributed by atoms with E-state index < -0.39 is 11.7 Å². The summed E-state index contributed by atoms with van der Waals surface area (Å²) in [4.78, 5) is 27.2. The van der Waals surface area contributed by atoms with E-state index in [1.807, 2.05) is 15.2 Å². The van der Waals surface area contributed by atoms with E-state index in [9.17, 15) is 18.0 Å². The van der Waals surface area contributed by atoms with Gasteiger partial charge in [-0.3, -0.25) is 4.79 Å². The highest BCUT2D eigenvalue weighted by Crippen LogP contribution is 2.30. The molecule has 4 heterocycles. The molecule has 0 unspecified atom stereocenters. The topological polar surface area (TPSA) is 52.6 Å². The number of alkyl halides is 3. The SMILES string of the molecule is O=C(C1CCN(c2ccc(C(F)(F)F)cn2)CC1)N1CCN(c2nccs2)CC1. The average Bonchev–Trinajstić information content (AvgIpc) is 3.28. The lowest BCUT2D eigenvalue weighted by Gasteiger charge is -2.38. The number of piperazine rings is 1. The van der Waals surface area contributed by atoms with Crippen LogP contribution in [-0.2, 0) is 11.0 Å². The van der Waals surface area contributed by atoms with E-state index in [4.69, 9.17) is 0 Å². The maximum Gasteiger partial charge on any atom is 0.417 e. The summed E-state index contributed by atoms with van der Waals surface area (Å²) in [5, 5.41) is 2.95. The molecule has 2 aromatic rings. The smallest absolute Gasteiger partial charge is 0.357 e. The van der Waals surface area contributed by atoms with E-state index in [1.165, 1.54) is 6.07 Å². The minimum absolute atomic E-state index is 0.0351. The molecule has 10 heteroatoms. The van der Waals surface area contributed by atoms with Crippen molar-refractivity contribution in [1.82, 2.24) is 14.9 Å². The molecule has 0 aliphatic carbocycles. The van der Waals surface area contributed by atoms with E-state index >= 15 is 0 Å². The van der Waals surface area contributed by atoms with Crippen LogP contribution in [-0.4, -0.2) is 60.0 Å². The third-order valence-electron chi connectivity index (χ3n) is 5.52. The number of halogens is 3. The Morgan fingerprint density at radius 3 is 2.28 bits per heavy atom. The van der Waals surface area contributed by atoms with Crippen molar-refractivity contribution in [2.24, 2.45) is 5.92 Å². The van der Waals surface area contributed by atoms with Crippen LogP contribution in [0.25, 0.3) is 0 Å². The average molecular weight is 425 g/mol. The predicted molar refractivity (Wildman–Crippen MR) is 105 cm³/mol. The largest absolute Gasteiger partial charge is 0.417 e. The number of hydrogen-bond acceptors (Lipinski definition) is 6. The molecule has 2 aromatic heterocycles. The Kier molecular flexibility index (Phi) is 5.62. The molecule has 6 nitrogen and oxygen atoms in total. The second-order valence-electron chi connectivity index (χ2n) is 7.29. The highest BCUT2D eigenvalue weighted by molar-refractivity contribution is 7.13. The maximum absolute atomic E-state index is 12.9. The lowest BCUT2D eigenvalue weighted by atomic mass is 9.95. The summed E-state index contributed by atoms with van der Waals surface area (Å²) in [5.41, 5.74) is -0.747. The van der Waals surface area contributed by atoms with E-state index in [0.717, 1.165) is 30.5 Å². The van der Waals surface area contributed by atoms with E-state index in [0.29, 0.717) is 44.8 Å². The van der Waals surface area contributed by atoms with Crippen molar-refractivity contribution < 1.29 is 18.0 Å². The molecule has 0 atom stereocenters. The minimum atomic E-state index is -4.38. The van der Waals surface area contributed by atoms with Gasteiger partial charge in [-0.2, -0.15) is 13.2 Å². The first-order valence-corrected chi connectivity index (χ1v) is 10.5. The van der Waals surface area contributed by atoms with Gasteiger partial charge in [0, 0.05) is 63.0 Å². The molecule has 1 amide bonds. The summed E-state index contributed by atoms with van der Waals surface area (Å²) in [7, 11) is 0. The third kappa shape index (κ3) is 4.47. The molecule has 2 aliphatic heterocycles. The number of aromatic nitrogens is 2. The second kappa shape index (κ2) is 8.17. The van der Waals surface area contributed by atoms with Gasteiger partial charge in [-0.1, -0.05) is 0 Å². The molecular weight excluding hydrogens is 403 g/mol. The maximum atomic E-state index is 12.9. The van der Waals surface area contributed by atoms with Crippen LogP contribution in [0.1, 0.15) is 18.4 Å². The van der Waals surface area contributed by atoms with Gasteiger partial charge >= 0.3 is 6.18 Å². The molecule has 2 fully saturated rings. The molecule has 0 aromatic carbocycles. The van der Waals surface area contributed by atoms with Crippen molar-refractivity contribution >= 4 is 28.2 Å². The van der Waals surface area contributed by atoms with Crippen LogP contribution in [0.3, 0.4) is 0 Å². The van der Waals surface area contributed by atoms with Crippen molar-refractivity contribution in [3.05, 3.63) is 35.5 Å². The van der Waals surface area contributed by atoms with E-state index in [-0.39, 0.29) is 11.8 Å². The van der Waals surface area contributed by atoms with Gasteiger partial charge in [-0.05, 0) is 25.0 Å². The van der Waals surface area contributed by atoms with Crippen LogP contribution < -0.4 is 9.80 Å². The van der Waals surface area contributed by atoms with Gasteiger partial charge in [0.05, 0.1) is 5.56 Å². The molecule has 4 rings (SSSR count). The zero-order valence-corrected chi connectivity index (χ0v) is 16.6. The second-order valence-corrected chi connectivity index (χ2v) is 8.16. The third-order valence-corrected chi connectivity index (χ3v) is 6.36. The number of hydrogen-bond donors (Lipinski definition) is 0. The molecule has 156 valence electrons. The summed E-state index contributed by atoms with van der Waals surface area (Å²) in [6, 6.07) is 2.46. The molecule has 0 spiro atoms. The van der Waals surface area contributed by atoms with Crippen LogP contribution in [0.4, 0.5) is 24.1 Å². The first-order chi connectivity index (χ1) is 13.9. The number of rotatable bonds is 3. The number of pyridine rings is 1. The van der Waals surface area contributed by atoms with Gasteiger partial charge in [0.25, 0.3) is 0 Å². The van der Waals surface area contributed by atoms with Crippen molar-refractivity contribution in [2.75, 3.05) is 49.1 Å². The molecule has 2 saturated heterocycles.